The average Bonchev–Trinajstić information content (AvgIpc) is 3.05. The smallest absolute Gasteiger partial charge is 0.305 e. The lowest BCUT2D eigenvalue weighted by molar-refractivity contribution is -0.140. The molecule has 0 aliphatic rings. The highest BCUT2D eigenvalue weighted by Crippen LogP contribution is 2.42. The van der Waals surface area contributed by atoms with Crippen LogP contribution in [0.15, 0.2) is 35.6 Å². The third-order valence-corrected chi connectivity index (χ3v) is 6.50. The first-order valence-electron chi connectivity index (χ1n) is 8.67. The molecule has 1 aromatic carbocycles. The van der Waals surface area contributed by atoms with Gasteiger partial charge in [-0.3, -0.25) is 4.79 Å². The number of carbonyl (C=O) groups is 1. The van der Waals surface area contributed by atoms with Gasteiger partial charge >= 0.3 is 5.97 Å². The number of thioether (sulfide) groups is 1. The van der Waals surface area contributed by atoms with E-state index in [1.807, 2.05) is 0 Å². The molecule has 3 rings (SSSR count). The number of nitrogens with zero attached hydrogens (tertiary/aromatic N) is 2. The predicted molar refractivity (Wildman–Crippen MR) is 109 cm³/mol. The van der Waals surface area contributed by atoms with E-state index in [4.69, 9.17) is 4.74 Å². The summed E-state index contributed by atoms with van der Waals surface area (Å²) in [4.78, 5) is 22.7. The minimum Gasteiger partial charge on any atom is -0.469 e. The van der Waals surface area contributed by atoms with Crippen molar-refractivity contribution in [1.29, 1.82) is 0 Å². The first-order valence-corrected chi connectivity index (χ1v) is 10.5. The maximum atomic E-state index is 11.3. The standard InChI is InChI=1S/C20H22N2O2S2/c1-4-15-17(14-9-7-13(2)8-10-14)18-19(21-12-22-20(18)26-15)25-11-5-6-16(23)24-3/h7-10,12H,4-6,11H2,1-3H3. The number of carbonyl (C=O) groups excluding carboxylic acids is 1. The molecule has 0 amide bonds. The Balaban J connectivity index is 1.95. The van der Waals surface area contributed by atoms with Crippen LogP contribution in [0.5, 0.6) is 0 Å². The zero-order valence-electron chi connectivity index (χ0n) is 15.2. The monoisotopic (exact) mass is 386 g/mol. The van der Waals surface area contributed by atoms with E-state index in [9.17, 15) is 4.79 Å². The average molecular weight is 387 g/mol. The summed E-state index contributed by atoms with van der Waals surface area (Å²) in [6.07, 6.45) is 3.82. The molecule has 0 spiro atoms. The highest BCUT2D eigenvalue weighted by atomic mass is 32.2. The Morgan fingerprint density at radius 2 is 2.00 bits per heavy atom. The second-order valence-electron chi connectivity index (χ2n) is 6.01. The minimum absolute atomic E-state index is 0.164. The van der Waals surface area contributed by atoms with Crippen molar-refractivity contribution in [3.8, 4) is 11.1 Å². The van der Waals surface area contributed by atoms with Crippen LogP contribution in [0, 0.1) is 6.92 Å². The Labute approximate surface area is 162 Å². The Morgan fingerprint density at radius 3 is 2.69 bits per heavy atom. The van der Waals surface area contributed by atoms with Crippen LogP contribution in [-0.4, -0.2) is 28.8 Å². The Kier molecular flexibility index (Phi) is 6.27. The number of hydrogen-bond donors (Lipinski definition) is 0. The molecule has 0 fully saturated rings. The summed E-state index contributed by atoms with van der Waals surface area (Å²) in [6.45, 7) is 4.28. The van der Waals surface area contributed by atoms with Gasteiger partial charge < -0.3 is 4.74 Å². The van der Waals surface area contributed by atoms with Crippen LogP contribution >= 0.6 is 23.1 Å². The summed E-state index contributed by atoms with van der Waals surface area (Å²) in [7, 11) is 1.43. The van der Waals surface area contributed by atoms with E-state index >= 15 is 0 Å². The van der Waals surface area contributed by atoms with Crippen LogP contribution in [0.2, 0.25) is 0 Å². The first-order chi connectivity index (χ1) is 12.6. The van der Waals surface area contributed by atoms with Crippen molar-refractivity contribution in [2.24, 2.45) is 0 Å². The van der Waals surface area contributed by atoms with Gasteiger partial charge in [-0.2, -0.15) is 0 Å². The van der Waals surface area contributed by atoms with Crippen LogP contribution in [0.1, 0.15) is 30.2 Å². The Bertz CT molecular complexity index is 904. The summed E-state index contributed by atoms with van der Waals surface area (Å²) < 4.78 is 4.71. The minimum atomic E-state index is -0.164. The van der Waals surface area contributed by atoms with Crippen LogP contribution < -0.4 is 0 Å². The molecule has 26 heavy (non-hydrogen) atoms. The Hall–Kier alpha value is -1.92. The summed E-state index contributed by atoms with van der Waals surface area (Å²) in [5.74, 6) is 0.661. The molecule has 0 aliphatic heterocycles. The van der Waals surface area contributed by atoms with Crippen LogP contribution in [0.4, 0.5) is 0 Å². The molecule has 0 N–H and O–H groups in total. The zero-order chi connectivity index (χ0) is 18.5. The van der Waals surface area contributed by atoms with E-state index in [0.29, 0.717) is 6.42 Å². The molecule has 2 heterocycles. The van der Waals surface area contributed by atoms with E-state index in [1.54, 1.807) is 29.4 Å². The summed E-state index contributed by atoms with van der Waals surface area (Å²) in [5, 5.41) is 2.13. The highest BCUT2D eigenvalue weighted by molar-refractivity contribution is 7.99. The van der Waals surface area contributed by atoms with E-state index in [0.717, 1.165) is 33.8 Å². The fraction of sp³-hybridized carbons (Fsp3) is 0.350. The molecule has 2 aromatic heterocycles. The van der Waals surface area contributed by atoms with Gasteiger partial charge in [0.15, 0.2) is 0 Å². The fourth-order valence-corrected chi connectivity index (χ4v) is 4.94. The third kappa shape index (κ3) is 4.07. The second-order valence-corrected chi connectivity index (χ2v) is 8.17. The molecular formula is C20H22N2O2S2. The molecule has 136 valence electrons. The largest absolute Gasteiger partial charge is 0.469 e. The molecule has 0 saturated heterocycles. The van der Waals surface area contributed by atoms with Gasteiger partial charge in [0.2, 0.25) is 0 Å². The van der Waals surface area contributed by atoms with Crippen LogP contribution in [0.3, 0.4) is 0 Å². The fourth-order valence-electron chi connectivity index (χ4n) is 2.82. The van der Waals surface area contributed by atoms with E-state index < -0.39 is 0 Å². The van der Waals surface area contributed by atoms with Gasteiger partial charge in [-0.05, 0) is 25.3 Å². The highest BCUT2D eigenvalue weighted by Gasteiger charge is 2.18. The zero-order valence-corrected chi connectivity index (χ0v) is 16.9. The molecule has 0 atom stereocenters. The number of fused-ring (bicyclic) bond motifs is 1. The number of rotatable bonds is 7. The summed E-state index contributed by atoms with van der Waals surface area (Å²) >= 11 is 3.43. The SMILES string of the molecule is CCc1sc2ncnc(SCCCC(=O)OC)c2c1-c1ccc(C)cc1. The maximum absolute atomic E-state index is 11.3. The molecule has 3 aromatic rings. The number of esters is 1. The molecule has 6 heteroatoms. The number of aryl methyl sites for hydroxylation is 2. The number of methoxy groups -OCH3 is 1. The van der Waals surface area contributed by atoms with Gasteiger partial charge in [0, 0.05) is 22.6 Å². The van der Waals surface area contributed by atoms with E-state index in [-0.39, 0.29) is 5.97 Å². The number of hydrogen-bond acceptors (Lipinski definition) is 6. The topological polar surface area (TPSA) is 52.1 Å². The second kappa shape index (κ2) is 8.64. The molecule has 0 radical (unpaired) electrons. The predicted octanol–water partition coefficient (Wildman–Crippen LogP) is 5.27. The Morgan fingerprint density at radius 1 is 1.23 bits per heavy atom. The number of ether oxygens (including phenoxy) is 1. The lowest BCUT2D eigenvalue weighted by Crippen LogP contribution is -2.00. The van der Waals surface area contributed by atoms with Gasteiger partial charge in [-0.15, -0.1) is 23.1 Å². The van der Waals surface area contributed by atoms with Crippen LogP contribution in [0.25, 0.3) is 21.3 Å². The van der Waals surface area contributed by atoms with Crippen molar-refractivity contribution < 1.29 is 9.53 Å². The van der Waals surface area contributed by atoms with Crippen molar-refractivity contribution in [3.63, 3.8) is 0 Å². The molecule has 0 saturated carbocycles. The van der Waals surface area contributed by atoms with E-state index in [2.05, 4.69) is 48.1 Å². The van der Waals surface area contributed by atoms with Gasteiger partial charge in [-0.25, -0.2) is 9.97 Å². The summed E-state index contributed by atoms with van der Waals surface area (Å²) in [5.41, 5.74) is 3.72. The molecule has 0 aliphatic carbocycles. The molecule has 4 nitrogen and oxygen atoms in total. The normalized spacial score (nSPS) is 11.0. The lowest BCUT2D eigenvalue weighted by Gasteiger charge is -2.07. The van der Waals surface area contributed by atoms with Crippen molar-refractivity contribution in [2.75, 3.05) is 12.9 Å². The van der Waals surface area contributed by atoms with Gasteiger partial charge in [-0.1, -0.05) is 36.8 Å². The van der Waals surface area contributed by atoms with Crippen molar-refractivity contribution in [1.82, 2.24) is 9.97 Å². The van der Waals surface area contributed by atoms with Crippen molar-refractivity contribution in [3.05, 3.63) is 41.0 Å². The number of benzene rings is 1. The van der Waals surface area contributed by atoms with Crippen molar-refractivity contribution >= 4 is 39.3 Å². The molecule has 0 unspecified atom stereocenters. The van der Waals surface area contributed by atoms with E-state index in [1.165, 1.54) is 28.7 Å². The van der Waals surface area contributed by atoms with Crippen molar-refractivity contribution in [2.45, 2.75) is 38.1 Å². The number of aromatic nitrogens is 2. The quantitative estimate of drug-likeness (QED) is 0.239. The number of thiophene rings is 1. The maximum Gasteiger partial charge on any atom is 0.305 e. The summed E-state index contributed by atoms with van der Waals surface area (Å²) in [6, 6.07) is 8.64. The van der Waals surface area contributed by atoms with Crippen LogP contribution in [-0.2, 0) is 16.0 Å². The first kappa shape index (κ1) is 18.9. The van der Waals surface area contributed by atoms with Gasteiger partial charge in [0.05, 0.1) is 12.5 Å². The molecular weight excluding hydrogens is 364 g/mol. The molecule has 0 bridgehead atoms. The van der Waals surface area contributed by atoms with Gasteiger partial charge in [0.1, 0.15) is 16.2 Å². The lowest BCUT2D eigenvalue weighted by atomic mass is 10.0. The third-order valence-electron chi connectivity index (χ3n) is 4.18. The van der Waals surface area contributed by atoms with Gasteiger partial charge in [0.25, 0.3) is 0 Å².